The number of anilines is 3. The van der Waals surface area contributed by atoms with Crippen molar-refractivity contribution in [1.29, 1.82) is 0 Å². The minimum absolute atomic E-state index is 0.0303. The maximum atomic E-state index is 13.9. The highest BCUT2D eigenvalue weighted by Crippen LogP contribution is 2.40. The first-order valence-electron chi connectivity index (χ1n) is 15.0. The molecule has 2 atom stereocenters. The van der Waals surface area contributed by atoms with Crippen LogP contribution >= 0.6 is 0 Å². The molecule has 3 heterocycles. The van der Waals surface area contributed by atoms with Crippen LogP contribution in [-0.2, 0) is 6.54 Å². The molecule has 1 N–H and O–H groups in total. The van der Waals surface area contributed by atoms with E-state index in [2.05, 4.69) is 16.8 Å². The summed E-state index contributed by atoms with van der Waals surface area (Å²) in [5, 5.41) is 3.09. The quantitative estimate of drug-likeness (QED) is 0.251. The molecular formula is C36H36N4O5. The number of hydrogen-bond acceptors (Lipinski definition) is 6. The SMILES string of the molecule is C=CCN(C(=O)c1ccc(N2CC3CC(C2)c2cccc(=O)n2C3)c(NC(=O)c2cc(OC)cc(OC)c2)c1)c1ccccc1. The molecule has 2 aliphatic heterocycles. The molecule has 0 aliphatic carbocycles. The fourth-order valence-corrected chi connectivity index (χ4v) is 6.47. The number of carbonyl (C=O) groups is 2. The molecule has 1 fully saturated rings. The molecule has 1 aromatic heterocycles. The molecule has 230 valence electrons. The van der Waals surface area contributed by atoms with Crippen molar-refractivity contribution in [1.82, 2.24) is 4.57 Å². The van der Waals surface area contributed by atoms with Crippen LogP contribution in [0.3, 0.4) is 0 Å². The molecule has 3 aromatic carbocycles. The molecule has 2 bridgehead atoms. The maximum Gasteiger partial charge on any atom is 0.258 e. The number of nitrogens with one attached hydrogen (secondary N) is 1. The number of para-hydroxylation sites is 1. The second-order valence-corrected chi connectivity index (χ2v) is 11.4. The van der Waals surface area contributed by atoms with Crippen LogP contribution in [0.4, 0.5) is 17.1 Å². The van der Waals surface area contributed by atoms with Gasteiger partial charge in [-0.2, -0.15) is 0 Å². The number of methoxy groups -OCH3 is 2. The minimum Gasteiger partial charge on any atom is -0.497 e. The summed E-state index contributed by atoms with van der Waals surface area (Å²) in [5.74, 6) is 0.840. The molecule has 1 saturated heterocycles. The lowest BCUT2D eigenvalue weighted by atomic mass is 9.83. The van der Waals surface area contributed by atoms with E-state index in [-0.39, 0.29) is 29.2 Å². The molecule has 6 rings (SSSR count). The first kappa shape index (κ1) is 29.7. The van der Waals surface area contributed by atoms with Gasteiger partial charge in [0.2, 0.25) is 0 Å². The number of hydrogen-bond donors (Lipinski definition) is 1. The molecule has 45 heavy (non-hydrogen) atoms. The van der Waals surface area contributed by atoms with Crippen LogP contribution in [0.25, 0.3) is 0 Å². The van der Waals surface area contributed by atoms with Crippen molar-refractivity contribution < 1.29 is 19.1 Å². The zero-order chi connectivity index (χ0) is 31.5. The normalized spacial score (nSPS) is 16.7. The topological polar surface area (TPSA) is 93.1 Å². The Morgan fingerprint density at radius 2 is 1.67 bits per heavy atom. The van der Waals surface area contributed by atoms with Gasteiger partial charge in [-0.3, -0.25) is 14.4 Å². The highest BCUT2D eigenvalue weighted by Gasteiger charge is 2.35. The van der Waals surface area contributed by atoms with Gasteiger partial charge in [0.15, 0.2) is 0 Å². The summed E-state index contributed by atoms with van der Waals surface area (Å²) >= 11 is 0. The number of aromatic nitrogens is 1. The third kappa shape index (κ3) is 6.06. The van der Waals surface area contributed by atoms with Crippen molar-refractivity contribution in [3.8, 4) is 11.5 Å². The van der Waals surface area contributed by atoms with Crippen molar-refractivity contribution in [2.24, 2.45) is 5.92 Å². The second kappa shape index (κ2) is 12.7. The Labute approximate surface area is 262 Å². The summed E-state index contributed by atoms with van der Waals surface area (Å²) in [7, 11) is 3.07. The molecule has 2 unspecified atom stereocenters. The summed E-state index contributed by atoms with van der Waals surface area (Å²) < 4.78 is 12.7. The van der Waals surface area contributed by atoms with E-state index in [4.69, 9.17) is 9.47 Å². The monoisotopic (exact) mass is 604 g/mol. The first-order chi connectivity index (χ1) is 21.9. The van der Waals surface area contributed by atoms with Crippen LogP contribution in [0.1, 0.15) is 38.7 Å². The fourth-order valence-electron chi connectivity index (χ4n) is 6.47. The maximum absolute atomic E-state index is 13.9. The molecule has 9 nitrogen and oxygen atoms in total. The molecule has 2 aliphatic rings. The van der Waals surface area contributed by atoms with Gasteiger partial charge in [-0.15, -0.1) is 6.58 Å². The number of pyridine rings is 1. The van der Waals surface area contributed by atoms with Crippen molar-refractivity contribution in [3.63, 3.8) is 0 Å². The van der Waals surface area contributed by atoms with E-state index in [0.717, 1.165) is 23.5 Å². The lowest BCUT2D eigenvalue weighted by molar-refractivity contribution is 0.0987. The number of ether oxygens (including phenoxy) is 2. The zero-order valence-corrected chi connectivity index (χ0v) is 25.4. The van der Waals surface area contributed by atoms with Gasteiger partial charge in [0, 0.05) is 66.7 Å². The highest BCUT2D eigenvalue weighted by molar-refractivity contribution is 6.10. The fraction of sp³-hybridized carbons (Fsp3) is 0.250. The Bertz CT molecular complexity index is 1780. The Kier molecular flexibility index (Phi) is 8.42. The Morgan fingerprint density at radius 1 is 0.911 bits per heavy atom. The Balaban J connectivity index is 1.38. The minimum atomic E-state index is -0.363. The zero-order valence-electron chi connectivity index (χ0n) is 25.4. The number of amides is 2. The van der Waals surface area contributed by atoms with Crippen LogP contribution < -0.4 is 30.1 Å². The third-order valence-corrected chi connectivity index (χ3v) is 8.55. The predicted octanol–water partition coefficient (Wildman–Crippen LogP) is 5.57. The van der Waals surface area contributed by atoms with Gasteiger partial charge in [-0.05, 0) is 60.9 Å². The van der Waals surface area contributed by atoms with Crippen molar-refractivity contribution in [3.05, 3.63) is 125 Å². The number of benzene rings is 3. The van der Waals surface area contributed by atoms with E-state index >= 15 is 0 Å². The average molecular weight is 605 g/mol. The smallest absolute Gasteiger partial charge is 0.258 e. The van der Waals surface area contributed by atoms with E-state index < -0.39 is 0 Å². The first-order valence-corrected chi connectivity index (χ1v) is 15.0. The average Bonchev–Trinajstić information content (AvgIpc) is 3.07. The van der Waals surface area contributed by atoms with Crippen LogP contribution in [0, 0.1) is 5.92 Å². The summed E-state index contributed by atoms with van der Waals surface area (Å²) in [4.78, 5) is 44.2. The molecular weight excluding hydrogens is 568 g/mol. The van der Waals surface area contributed by atoms with Gasteiger partial charge in [0.05, 0.1) is 25.6 Å². The number of piperidine rings is 1. The standard InChI is InChI=1S/C36H36N4O5/c1-4-15-39(28-9-6-5-7-10-28)36(43)25-13-14-33(31(19-25)37-35(42)26-17-29(44-2)20-30(18-26)45-3)38-21-24-16-27(23-38)32-11-8-12-34(41)40(32)22-24/h4-14,17-20,24,27H,1,15-16,21-23H2,2-3H3,(H,37,42). The lowest BCUT2D eigenvalue weighted by Crippen LogP contribution is -2.47. The number of nitrogens with zero attached hydrogens (tertiary/aromatic N) is 3. The molecule has 0 radical (unpaired) electrons. The van der Waals surface area contributed by atoms with E-state index in [1.807, 2.05) is 59.2 Å². The summed E-state index contributed by atoms with van der Waals surface area (Å²) in [6.07, 6.45) is 2.68. The van der Waals surface area contributed by atoms with Gasteiger partial charge in [0.1, 0.15) is 11.5 Å². The van der Waals surface area contributed by atoms with Crippen LogP contribution in [0.2, 0.25) is 0 Å². The number of rotatable bonds is 9. The molecule has 4 aromatic rings. The van der Waals surface area contributed by atoms with Crippen molar-refractivity contribution >= 4 is 28.9 Å². The van der Waals surface area contributed by atoms with Gasteiger partial charge < -0.3 is 29.2 Å². The molecule has 0 spiro atoms. The van der Waals surface area contributed by atoms with Crippen LogP contribution in [0.5, 0.6) is 11.5 Å². The largest absolute Gasteiger partial charge is 0.497 e. The molecule has 2 amide bonds. The van der Waals surface area contributed by atoms with Crippen molar-refractivity contribution in [2.75, 3.05) is 49.0 Å². The van der Waals surface area contributed by atoms with Gasteiger partial charge in [0.25, 0.3) is 17.4 Å². The highest BCUT2D eigenvalue weighted by atomic mass is 16.5. The van der Waals surface area contributed by atoms with E-state index in [1.165, 1.54) is 14.2 Å². The van der Waals surface area contributed by atoms with Gasteiger partial charge in [-0.1, -0.05) is 30.3 Å². The molecule has 9 heteroatoms. The number of carbonyl (C=O) groups excluding carboxylic acids is 2. The van der Waals surface area contributed by atoms with E-state index in [1.54, 1.807) is 41.3 Å². The van der Waals surface area contributed by atoms with Gasteiger partial charge >= 0.3 is 0 Å². The Hall–Kier alpha value is -5.31. The van der Waals surface area contributed by atoms with E-state index in [0.29, 0.717) is 54.5 Å². The summed E-state index contributed by atoms with van der Waals surface area (Å²) in [6, 6.07) is 25.4. The third-order valence-electron chi connectivity index (χ3n) is 8.55. The Morgan fingerprint density at radius 3 is 2.38 bits per heavy atom. The molecule has 0 saturated carbocycles. The predicted molar refractivity (Wildman–Crippen MR) is 176 cm³/mol. The van der Waals surface area contributed by atoms with Crippen molar-refractivity contribution in [2.45, 2.75) is 18.9 Å². The number of fused-ring (bicyclic) bond motifs is 4. The van der Waals surface area contributed by atoms with Crippen LogP contribution in [0.15, 0.2) is 102 Å². The lowest BCUT2D eigenvalue weighted by Gasteiger charge is -2.44. The summed E-state index contributed by atoms with van der Waals surface area (Å²) in [5.41, 5.74) is 3.93. The second-order valence-electron chi connectivity index (χ2n) is 11.4. The van der Waals surface area contributed by atoms with Gasteiger partial charge in [-0.25, -0.2) is 0 Å². The van der Waals surface area contributed by atoms with Crippen LogP contribution in [-0.4, -0.2) is 50.2 Å². The van der Waals surface area contributed by atoms with E-state index in [9.17, 15) is 14.4 Å². The summed E-state index contributed by atoms with van der Waals surface area (Å²) in [6.45, 7) is 6.21.